The maximum absolute atomic E-state index is 14.9. The van der Waals surface area contributed by atoms with Gasteiger partial charge >= 0.3 is 17.9 Å². The van der Waals surface area contributed by atoms with Crippen LogP contribution < -0.4 is 5.32 Å². The third-order valence-corrected chi connectivity index (χ3v) is 15.6. The maximum Gasteiger partial charge on any atom is 0.311 e. The van der Waals surface area contributed by atoms with E-state index in [4.69, 9.17) is 42.6 Å². The predicted molar refractivity (Wildman–Crippen MR) is 267 cm³/mol. The molecule has 3 aliphatic rings. The van der Waals surface area contributed by atoms with Crippen LogP contribution in [0.3, 0.4) is 0 Å². The van der Waals surface area contributed by atoms with Crippen molar-refractivity contribution in [2.24, 2.45) is 17.8 Å². The topological polar surface area (TPSA) is 214 Å². The fourth-order valence-corrected chi connectivity index (χ4v) is 10.8. The van der Waals surface area contributed by atoms with Gasteiger partial charge in [-0.3, -0.25) is 19.2 Å². The van der Waals surface area contributed by atoms with Gasteiger partial charge in [0.05, 0.1) is 54.8 Å². The number of aliphatic hydroxyl groups is 2. The number of aliphatic hydroxyl groups excluding tert-OH is 1. The van der Waals surface area contributed by atoms with Crippen molar-refractivity contribution in [3.8, 4) is 0 Å². The van der Waals surface area contributed by atoms with E-state index in [1.807, 2.05) is 67.5 Å². The number of rotatable bonds is 20. The molecule has 414 valence electrons. The Balaban J connectivity index is 2.21. The lowest BCUT2D eigenvalue weighted by molar-refractivity contribution is -0.320. The minimum atomic E-state index is -2.01. The first-order valence-electron chi connectivity index (χ1n) is 26.3. The highest BCUT2D eigenvalue weighted by Crippen LogP contribution is 2.42. The fourth-order valence-electron chi connectivity index (χ4n) is 10.8. The van der Waals surface area contributed by atoms with Gasteiger partial charge in [0.2, 0.25) is 5.91 Å². The molecule has 3 aliphatic heterocycles. The molecule has 0 radical (unpaired) electrons. The van der Waals surface area contributed by atoms with E-state index in [2.05, 4.69) is 15.1 Å². The lowest BCUT2D eigenvalue weighted by Gasteiger charge is -2.49. The number of nitrogens with one attached hydrogen (secondary N) is 1. The molecule has 0 saturated carbocycles. The molecule has 18 atom stereocenters. The van der Waals surface area contributed by atoms with Crippen LogP contribution in [0.1, 0.15) is 135 Å². The first kappa shape index (κ1) is 62.7. The largest absolute Gasteiger partial charge is 0.459 e. The SMILES string of the molecule is CC[C@H]1OC(=O)[C@H](C)[C@@H](OC2C[C@@](C)(OC)[C@@H](OC(=O)CCN(CC)CC)[C@H](C)O2)[C@H](C)[C@@H](O[C@@H]2O[C@H](C)C[C@H](N(C)C)[C@H]2O)[C@](C)(OC)C[C@@H](C)C(=O)N[C@H](C)[C@@H](OC(=O)CCN(CC)CC)[C@]1(C)O. The van der Waals surface area contributed by atoms with E-state index in [-0.39, 0.29) is 50.2 Å². The van der Waals surface area contributed by atoms with Gasteiger partial charge in [0.1, 0.15) is 23.4 Å². The Morgan fingerprint density at radius 3 is 1.77 bits per heavy atom. The highest BCUT2D eigenvalue weighted by Gasteiger charge is 2.55. The molecule has 3 heterocycles. The Labute approximate surface area is 425 Å². The van der Waals surface area contributed by atoms with E-state index < -0.39 is 114 Å². The van der Waals surface area contributed by atoms with Crippen molar-refractivity contribution in [3.63, 3.8) is 0 Å². The fraction of sp³-hybridized carbons (Fsp3) is 0.923. The van der Waals surface area contributed by atoms with Gasteiger partial charge < -0.3 is 72.9 Å². The van der Waals surface area contributed by atoms with Crippen LogP contribution in [0.5, 0.6) is 0 Å². The van der Waals surface area contributed by atoms with Crippen LogP contribution in [-0.4, -0.2) is 207 Å². The van der Waals surface area contributed by atoms with Crippen LogP contribution in [0.15, 0.2) is 0 Å². The van der Waals surface area contributed by atoms with Crippen LogP contribution in [0.25, 0.3) is 0 Å². The van der Waals surface area contributed by atoms with Gasteiger partial charge in [0, 0.05) is 51.6 Å². The van der Waals surface area contributed by atoms with E-state index in [0.29, 0.717) is 19.5 Å². The Hall–Kier alpha value is -2.56. The summed E-state index contributed by atoms with van der Waals surface area (Å²) in [7, 11) is 6.80. The van der Waals surface area contributed by atoms with Gasteiger partial charge in [-0.2, -0.15) is 0 Å². The number of carbonyl (C=O) groups excluding carboxylic acids is 4. The van der Waals surface area contributed by atoms with Gasteiger partial charge in [0.15, 0.2) is 24.8 Å². The molecule has 1 unspecified atom stereocenters. The number of amides is 1. The summed E-state index contributed by atoms with van der Waals surface area (Å²) in [6.07, 6.45) is -8.90. The summed E-state index contributed by atoms with van der Waals surface area (Å²) in [5.41, 5.74) is -4.44. The van der Waals surface area contributed by atoms with Crippen molar-refractivity contribution >= 4 is 23.8 Å². The number of nitrogens with zero attached hydrogens (tertiary/aromatic N) is 3. The molecular formula is C52H96N4O15. The minimum absolute atomic E-state index is 0.0285. The number of carbonyl (C=O) groups is 4. The molecule has 3 fully saturated rings. The smallest absolute Gasteiger partial charge is 0.311 e. The number of ether oxygens (including phenoxy) is 9. The second-order valence-corrected chi connectivity index (χ2v) is 21.2. The van der Waals surface area contributed by atoms with Gasteiger partial charge in [-0.1, -0.05) is 48.5 Å². The third kappa shape index (κ3) is 16.2. The number of esters is 3. The van der Waals surface area contributed by atoms with Crippen molar-refractivity contribution in [1.29, 1.82) is 0 Å². The average molecular weight is 1020 g/mol. The van der Waals surface area contributed by atoms with E-state index in [1.165, 1.54) is 21.1 Å². The Kier molecular flexibility index (Phi) is 24.6. The van der Waals surface area contributed by atoms with Gasteiger partial charge in [-0.15, -0.1) is 0 Å². The van der Waals surface area contributed by atoms with E-state index in [0.717, 1.165) is 26.2 Å². The first-order valence-corrected chi connectivity index (χ1v) is 26.3. The number of likely N-dealkylation sites (N-methyl/N-ethyl adjacent to an activating group) is 1. The van der Waals surface area contributed by atoms with E-state index >= 15 is 0 Å². The zero-order valence-electron chi connectivity index (χ0n) is 46.7. The molecule has 19 nitrogen and oxygen atoms in total. The normalized spacial score (nSPS) is 39.1. The zero-order chi connectivity index (χ0) is 53.8. The van der Waals surface area contributed by atoms with Gasteiger partial charge in [-0.25, -0.2) is 0 Å². The molecule has 0 aromatic rings. The molecule has 0 aromatic carbocycles. The standard InChI is InChI=1S/C52H96N4O15/c1-19-38-52(14,62)45(68-39(57)24-26-55(20-2)21-3)35(10)53-47(60)31(6)29-50(12,63-17)44(71-49-42(59)37(54(15)16)28-32(7)65-49)33(8)43(34(9)48(61)67-38)70-41-30-51(13,64-18)46(36(11)66-41)69-40(58)25-27-56(22-4)23-5/h31-38,41-46,49,59,62H,19-30H2,1-18H3,(H,53,60)/t31-,32-,33+,34-,35-,36+,37+,38-,41?,42-,43+,44-,45-,46+,49+,50-,51-,52-/m1/s1. The molecule has 0 aromatic heterocycles. The number of methoxy groups -OCH3 is 2. The van der Waals surface area contributed by atoms with Crippen molar-refractivity contribution in [3.05, 3.63) is 0 Å². The lowest BCUT2D eigenvalue weighted by atomic mass is 9.77. The summed E-state index contributed by atoms with van der Waals surface area (Å²) < 4.78 is 57.9. The molecule has 3 saturated heterocycles. The molecule has 0 bridgehead atoms. The van der Waals surface area contributed by atoms with Crippen molar-refractivity contribution in [2.75, 3.05) is 67.6 Å². The quantitative estimate of drug-likeness (QED) is 0.115. The Morgan fingerprint density at radius 1 is 0.761 bits per heavy atom. The molecule has 0 aliphatic carbocycles. The van der Waals surface area contributed by atoms with Crippen LogP contribution >= 0.6 is 0 Å². The number of hydrogen-bond acceptors (Lipinski definition) is 18. The third-order valence-electron chi connectivity index (χ3n) is 15.6. The summed E-state index contributed by atoms with van der Waals surface area (Å²) in [6.45, 7) is 29.5. The second kappa shape index (κ2) is 27.8. The molecule has 0 spiro atoms. The number of cyclic esters (lactones) is 1. The zero-order valence-corrected chi connectivity index (χ0v) is 46.7. The Morgan fingerprint density at radius 2 is 1.28 bits per heavy atom. The van der Waals surface area contributed by atoms with Crippen LogP contribution in [0, 0.1) is 17.8 Å². The minimum Gasteiger partial charge on any atom is -0.459 e. The number of hydrogen-bond donors (Lipinski definition) is 3. The average Bonchev–Trinajstić information content (AvgIpc) is 3.32. The molecule has 71 heavy (non-hydrogen) atoms. The van der Waals surface area contributed by atoms with E-state index in [9.17, 15) is 29.4 Å². The summed E-state index contributed by atoms with van der Waals surface area (Å²) in [5, 5.41) is 27.4. The summed E-state index contributed by atoms with van der Waals surface area (Å²) in [6, 6.07) is -1.28. The van der Waals surface area contributed by atoms with E-state index in [1.54, 1.807) is 41.5 Å². The maximum atomic E-state index is 14.9. The molecule has 1 amide bonds. The van der Waals surface area contributed by atoms with Crippen LogP contribution in [0.2, 0.25) is 0 Å². The molecule has 19 heteroatoms. The highest BCUT2D eigenvalue weighted by atomic mass is 16.7. The van der Waals surface area contributed by atoms with Gasteiger partial charge in [0.25, 0.3) is 0 Å². The summed E-state index contributed by atoms with van der Waals surface area (Å²) >= 11 is 0. The molecule has 3 N–H and O–H groups in total. The van der Waals surface area contributed by atoms with Crippen molar-refractivity contribution in [1.82, 2.24) is 20.0 Å². The molecule has 3 rings (SSSR count). The molecular weight excluding hydrogens is 921 g/mol. The highest BCUT2D eigenvalue weighted by molar-refractivity contribution is 5.79. The predicted octanol–water partition coefficient (Wildman–Crippen LogP) is 4.30. The second-order valence-electron chi connectivity index (χ2n) is 21.2. The summed E-state index contributed by atoms with van der Waals surface area (Å²) in [5.74, 6) is -4.82. The van der Waals surface area contributed by atoms with Crippen molar-refractivity contribution in [2.45, 2.75) is 226 Å². The van der Waals surface area contributed by atoms with Crippen LogP contribution in [-0.2, 0) is 61.8 Å². The Bertz CT molecular complexity index is 1670. The summed E-state index contributed by atoms with van der Waals surface area (Å²) in [4.78, 5) is 62.3. The van der Waals surface area contributed by atoms with Gasteiger partial charge in [-0.05, 0) is 108 Å². The lowest BCUT2D eigenvalue weighted by Crippen LogP contribution is -2.61. The first-order chi connectivity index (χ1) is 33.2. The van der Waals surface area contributed by atoms with Crippen LogP contribution in [0.4, 0.5) is 0 Å². The van der Waals surface area contributed by atoms with Crippen molar-refractivity contribution < 1.29 is 72.0 Å². The monoisotopic (exact) mass is 1020 g/mol.